The first-order valence-corrected chi connectivity index (χ1v) is 6.09. The van der Waals surface area contributed by atoms with Gasteiger partial charge in [-0.15, -0.1) is 0 Å². The largest absolute Gasteiger partial charge is 0.463 e. The average Bonchev–Trinajstić information content (AvgIpc) is 2.37. The van der Waals surface area contributed by atoms with Gasteiger partial charge in [-0.2, -0.15) is 0 Å². The predicted molar refractivity (Wildman–Crippen MR) is 71.2 cm³/mol. The van der Waals surface area contributed by atoms with Crippen molar-refractivity contribution in [2.24, 2.45) is 0 Å². The van der Waals surface area contributed by atoms with Gasteiger partial charge < -0.3 is 9.47 Å². The maximum atomic E-state index is 11.3. The molecule has 0 aliphatic heterocycles. The van der Waals surface area contributed by atoms with Crippen LogP contribution in [0.15, 0.2) is 42.0 Å². The lowest BCUT2D eigenvalue weighted by Gasteiger charge is -2.15. The van der Waals surface area contributed by atoms with Crippen LogP contribution < -0.4 is 0 Å². The van der Waals surface area contributed by atoms with Crippen LogP contribution in [0.4, 0.5) is 0 Å². The highest BCUT2D eigenvalue weighted by molar-refractivity contribution is 5.82. The van der Waals surface area contributed by atoms with Gasteiger partial charge in [0.05, 0.1) is 12.7 Å². The molecule has 0 aromatic heterocycles. The van der Waals surface area contributed by atoms with Gasteiger partial charge in [0.25, 0.3) is 0 Å². The molecule has 0 saturated carbocycles. The first-order valence-electron chi connectivity index (χ1n) is 6.09. The summed E-state index contributed by atoms with van der Waals surface area (Å²) in [4.78, 5) is 11.3. The highest BCUT2D eigenvalue weighted by Gasteiger charge is 2.11. The molecule has 0 fully saturated rings. The molecule has 3 heteroatoms. The second-order valence-electron chi connectivity index (χ2n) is 4.08. The summed E-state index contributed by atoms with van der Waals surface area (Å²) < 4.78 is 10.3. The van der Waals surface area contributed by atoms with Crippen molar-refractivity contribution in [2.75, 3.05) is 13.7 Å². The molecule has 0 N–H and O–H groups in total. The Kier molecular flexibility index (Phi) is 6.15. The zero-order valence-corrected chi connectivity index (χ0v) is 11.2. The molecule has 3 nitrogen and oxygen atoms in total. The van der Waals surface area contributed by atoms with Crippen LogP contribution in [0.5, 0.6) is 0 Å². The van der Waals surface area contributed by atoms with E-state index in [0.29, 0.717) is 13.0 Å². The third-order valence-electron chi connectivity index (χ3n) is 2.61. The molecule has 0 heterocycles. The molecule has 0 amide bonds. The summed E-state index contributed by atoms with van der Waals surface area (Å²) in [6.07, 6.45) is 2.18. The van der Waals surface area contributed by atoms with Gasteiger partial charge in [-0.05, 0) is 25.8 Å². The first kappa shape index (κ1) is 14.5. The maximum absolute atomic E-state index is 11.3. The van der Waals surface area contributed by atoms with Crippen molar-refractivity contribution in [1.82, 2.24) is 0 Å². The van der Waals surface area contributed by atoms with Crippen molar-refractivity contribution in [1.29, 1.82) is 0 Å². The Labute approximate surface area is 108 Å². The fraction of sp³-hybridized carbons (Fsp3) is 0.400. The molecule has 0 bridgehead atoms. The van der Waals surface area contributed by atoms with Gasteiger partial charge in [-0.25, -0.2) is 4.79 Å². The minimum Gasteiger partial charge on any atom is -0.463 e. The van der Waals surface area contributed by atoms with E-state index in [0.717, 1.165) is 11.1 Å². The topological polar surface area (TPSA) is 35.5 Å². The summed E-state index contributed by atoms with van der Waals surface area (Å²) in [5.41, 5.74) is 2.06. The van der Waals surface area contributed by atoms with E-state index in [1.54, 1.807) is 14.0 Å². The number of hydrogen-bond donors (Lipinski definition) is 0. The first-order chi connectivity index (χ1) is 8.67. The Morgan fingerprint density at radius 3 is 2.56 bits per heavy atom. The number of benzene rings is 1. The number of methoxy groups -OCH3 is 1. The summed E-state index contributed by atoms with van der Waals surface area (Å²) in [6, 6.07) is 9.96. The molecule has 0 aliphatic rings. The zero-order valence-electron chi connectivity index (χ0n) is 11.2. The van der Waals surface area contributed by atoms with Crippen molar-refractivity contribution >= 4 is 5.97 Å². The van der Waals surface area contributed by atoms with Crippen LogP contribution >= 0.6 is 0 Å². The molecule has 1 aromatic carbocycles. The van der Waals surface area contributed by atoms with E-state index in [4.69, 9.17) is 9.47 Å². The molecule has 1 rings (SSSR count). The molecule has 1 atom stereocenters. The molecule has 98 valence electrons. The molecule has 1 aromatic rings. The van der Waals surface area contributed by atoms with Crippen molar-refractivity contribution in [2.45, 2.75) is 26.4 Å². The highest BCUT2D eigenvalue weighted by atomic mass is 16.5. The molecule has 0 radical (unpaired) electrons. The average molecular weight is 248 g/mol. The summed E-state index contributed by atoms with van der Waals surface area (Å²) >= 11 is 0. The van der Waals surface area contributed by atoms with Crippen molar-refractivity contribution in [3.8, 4) is 0 Å². The van der Waals surface area contributed by atoms with E-state index in [2.05, 4.69) is 0 Å². The quantitative estimate of drug-likeness (QED) is 0.572. The summed E-state index contributed by atoms with van der Waals surface area (Å²) in [5.74, 6) is -0.294. The maximum Gasteiger partial charge on any atom is 0.330 e. The van der Waals surface area contributed by atoms with Crippen molar-refractivity contribution in [3.63, 3.8) is 0 Å². The van der Waals surface area contributed by atoms with E-state index in [-0.39, 0.29) is 12.1 Å². The minimum atomic E-state index is -0.294. The summed E-state index contributed by atoms with van der Waals surface area (Å²) in [7, 11) is 1.68. The number of ether oxygens (including phenoxy) is 2. The Morgan fingerprint density at radius 2 is 2.00 bits per heavy atom. The molecule has 1 unspecified atom stereocenters. The standard InChI is InChI=1S/C15H20O3/c1-4-18-15(16)11-12(2)10-14(17-3)13-8-6-5-7-9-13/h5-9,11,14H,4,10H2,1-3H3/b12-11+. The highest BCUT2D eigenvalue weighted by Crippen LogP contribution is 2.23. The molecular weight excluding hydrogens is 228 g/mol. The van der Waals surface area contributed by atoms with E-state index in [9.17, 15) is 4.79 Å². The number of carbonyl (C=O) groups excluding carboxylic acids is 1. The smallest absolute Gasteiger partial charge is 0.330 e. The van der Waals surface area contributed by atoms with E-state index in [1.165, 1.54) is 6.08 Å². The third kappa shape index (κ3) is 4.72. The number of rotatable bonds is 6. The second-order valence-corrected chi connectivity index (χ2v) is 4.08. The molecule has 0 spiro atoms. The summed E-state index contributed by atoms with van der Waals surface area (Å²) in [6.45, 7) is 4.10. The SMILES string of the molecule is CCOC(=O)/C=C(\C)CC(OC)c1ccccc1. The number of esters is 1. The normalized spacial score (nSPS) is 13.2. The van der Waals surface area contributed by atoms with Crippen LogP contribution in [0.3, 0.4) is 0 Å². The van der Waals surface area contributed by atoms with Gasteiger partial charge in [0.15, 0.2) is 0 Å². The lowest BCUT2D eigenvalue weighted by Crippen LogP contribution is -2.05. The Bertz CT molecular complexity index is 395. The van der Waals surface area contributed by atoms with E-state index < -0.39 is 0 Å². The van der Waals surface area contributed by atoms with Gasteiger partial charge in [-0.3, -0.25) is 0 Å². The minimum absolute atomic E-state index is 0.0307. The fourth-order valence-corrected chi connectivity index (χ4v) is 1.74. The van der Waals surface area contributed by atoms with Gasteiger partial charge in [0, 0.05) is 13.2 Å². The number of carbonyl (C=O) groups is 1. The monoisotopic (exact) mass is 248 g/mol. The Morgan fingerprint density at radius 1 is 1.33 bits per heavy atom. The summed E-state index contributed by atoms with van der Waals surface area (Å²) in [5, 5.41) is 0. The zero-order chi connectivity index (χ0) is 13.4. The lowest BCUT2D eigenvalue weighted by atomic mass is 10.0. The van der Waals surface area contributed by atoms with Crippen LogP contribution in [0.2, 0.25) is 0 Å². The van der Waals surface area contributed by atoms with Gasteiger partial charge >= 0.3 is 5.97 Å². The van der Waals surface area contributed by atoms with Gasteiger partial charge in [0.2, 0.25) is 0 Å². The van der Waals surface area contributed by atoms with Crippen LogP contribution in [0.1, 0.15) is 31.9 Å². The van der Waals surface area contributed by atoms with Crippen LogP contribution in [0, 0.1) is 0 Å². The van der Waals surface area contributed by atoms with E-state index in [1.807, 2.05) is 37.3 Å². The molecule has 18 heavy (non-hydrogen) atoms. The molecular formula is C15H20O3. The lowest BCUT2D eigenvalue weighted by molar-refractivity contribution is -0.137. The van der Waals surface area contributed by atoms with Crippen LogP contribution in [-0.4, -0.2) is 19.7 Å². The molecule has 0 aliphatic carbocycles. The van der Waals surface area contributed by atoms with Gasteiger partial charge in [-0.1, -0.05) is 35.9 Å². The Balaban J connectivity index is 2.66. The third-order valence-corrected chi connectivity index (χ3v) is 2.61. The number of hydrogen-bond acceptors (Lipinski definition) is 3. The fourth-order valence-electron chi connectivity index (χ4n) is 1.74. The Hall–Kier alpha value is -1.61. The predicted octanol–water partition coefficient (Wildman–Crippen LogP) is 3.27. The second kappa shape index (κ2) is 7.67. The van der Waals surface area contributed by atoms with Crippen LogP contribution in [-0.2, 0) is 14.3 Å². The van der Waals surface area contributed by atoms with Crippen LogP contribution in [0.25, 0.3) is 0 Å². The van der Waals surface area contributed by atoms with Crippen molar-refractivity contribution < 1.29 is 14.3 Å². The van der Waals surface area contributed by atoms with Gasteiger partial charge in [0.1, 0.15) is 0 Å². The van der Waals surface area contributed by atoms with E-state index >= 15 is 0 Å². The van der Waals surface area contributed by atoms with Crippen molar-refractivity contribution in [3.05, 3.63) is 47.5 Å². The molecule has 0 saturated heterocycles.